The number of hydrogen-bond acceptors (Lipinski definition) is 4. The van der Waals surface area contributed by atoms with Crippen LogP contribution in [0.3, 0.4) is 0 Å². The molecule has 1 aromatic rings. The van der Waals surface area contributed by atoms with E-state index in [9.17, 15) is 0 Å². The molecular formula is C13H19N3OS. The van der Waals surface area contributed by atoms with Gasteiger partial charge in [0.1, 0.15) is 10.8 Å². The topological polar surface area (TPSA) is 51.4 Å². The van der Waals surface area contributed by atoms with Gasteiger partial charge in [0.2, 0.25) is 0 Å². The smallest absolute Gasteiger partial charge is 0.129 e. The van der Waals surface area contributed by atoms with E-state index >= 15 is 0 Å². The Morgan fingerprint density at radius 3 is 2.89 bits per heavy atom. The molecule has 0 radical (unpaired) electrons. The number of nitrogens with two attached hydrogens (primary N) is 1. The first-order chi connectivity index (χ1) is 8.47. The van der Waals surface area contributed by atoms with Crippen molar-refractivity contribution >= 4 is 23.0 Å². The van der Waals surface area contributed by atoms with E-state index in [0.717, 1.165) is 30.2 Å². The van der Waals surface area contributed by atoms with Crippen LogP contribution in [0.2, 0.25) is 0 Å². The van der Waals surface area contributed by atoms with Gasteiger partial charge in [0, 0.05) is 17.8 Å². The Bertz CT molecular complexity index is 464. The molecule has 0 saturated carbocycles. The Kier molecular flexibility index (Phi) is 3.82. The van der Waals surface area contributed by atoms with Gasteiger partial charge < -0.3 is 15.4 Å². The van der Waals surface area contributed by atoms with Crippen molar-refractivity contribution < 1.29 is 4.74 Å². The van der Waals surface area contributed by atoms with Gasteiger partial charge in [0.05, 0.1) is 18.8 Å². The van der Waals surface area contributed by atoms with Crippen molar-refractivity contribution in [1.82, 2.24) is 4.98 Å². The van der Waals surface area contributed by atoms with E-state index in [2.05, 4.69) is 23.7 Å². The summed E-state index contributed by atoms with van der Waals surface area (Å²) in [5.41, 5.74) is 7.51. The summed E-state index contributed by atoms with van der Waals surface area (Å²) < 4.78 is 5.63. The second-order valence-corrected chi connectivity index (χ2v) is 5.30. The van der Waals surface area contributed by atoms with Gasteiger partial charge in [-0.15, -0.1) is 0 Å². The molecule has 2 unspecified atom stereocenters. The summed E-state index contributed by atoms with van der Waals surface area (Å²) in [5.74, 6) is 0.931. The zero-order chi connectivity index (χ0) is 13.3. The highest BCUT2D eigenvalue weighted by atomic mass is 32.1. The van der Waals surface area contributed by atoms with Crippen LogP contribution in [0.25, 0.3) is 0 Å². The van der Waals surface area contributed by atoms with Gasteiger partial charge in [0.15, 0.2) is 0 Å². The van der Waals surface area contributed by atoms with E-state index < -0.39 is 0 Å². The maximum absolute atomic E-state index is 5.70. The van der Waals surface area contributed by atoms with Gasteiger partial charge in [0.25, 0.3) is 0 Å². The fraction of sp³-hybridized carbons (Fsp3) is 0.538. The largest absolute Gasteiger partial charge is 0.389 e. The minimum Gasteiger partial charge on any atom is -0.389 e. The predicted molar refractivity (Wildman–Crippen MR) is 77.1 cm³/mol. The normalized spacial score (nSPS) is 24.1. The van der Waals surface area contributed by atoms with Gasteiger partial charge >= 0.3 is 0 Å². The van der Waals surface area contributed by atoms with Crippen LogP contribution in [0.4, 0.5) is 5.82 Å². The highest BCUT2D eigenvalue weighted by Gasteiger charge is 2.24. The number of anilines is 1. The molecule has 0 aromatic carbocycles. The lowest BCUT2D eigenvalue weighted by Gasteiger charge is -2.37. The van der Waals surface area contributed by atoms with Crippen molar-refractivity contribution in [2.75, 3.05) is 18.1 Å². The van der Waals surface area contributed by atoms with Gasteiger partial charge in [-0.1, -0.05) is 12.2 Å². The Morgan fingerprint density at radius 2 is 2.22 bits per heavy atom. The number of hydrogen-bond donors (Lipinski definition) is 1. The Morgan fingerprint density at radius 1 is 1.50 bits per heavy atom. The summed E-state index contributed by atoms with van der Waals surface area (Å²) in [6, 6.07) is 4.19. The van der Waals surface area contributed by atoms with Crippen molar-refractivity contribution in [1.29, 1.82) is 0 Å². The molecule has 2 atom stereocenters. The second-order valence-electron chi connectivity index (χ2n) is 4.86. The van der Waals surface area contributed by atoms with Crippen LogP contribution in [0.15, 0.2) is 12.1 Å². The highest BCUT2D eigenvalue weighted by Crippen LogP contribution is 2.21. The fourth-order valence-corrected chi connectivity index (χ4v) is 2.28. The quantitative estimate of drug-likeness (QED) is 0.824. The average molecular weight is 265 g/mol. The maximum Gasteiger partial charge on any atom is 0.129 e. The molecule has 2 rings (SSSR count). The van der Waals surface area contributed by atoms with Crippen molar-refractivity contribution in [2.45, 2.75) is 32.9 Å². The molecule has 1 saturated heterocycles. The van der Waals surface area contributed by atoms with Crippen LogP contribution in [0.5, 0.6) is 0 Å². The molecule has 98 valence electrons. The van der Waals surface area contributed by atoms with Gasteiger partial charge in [-0.05, 0) is 32.9 Å². The first-order valence-electron chi connectivity index (χ1n) is 6.14. The lowest BCUT2D eigenvalue weighted by Crippen LogP contribution is -2.47. The van der Waals surface area contributed by atoms with Crippen LogP contribution < -0.4 is 10.6 Å². The number of thiocarbonyl (C=S) groups is 1. The number of pyridine rings is 1. The summed E-state index contributed by atoms with van der Waals surface area (Å²) in [4.78, 5) is 7.25. The second kappa shape index (κ2) is 5.20. The molecule has 1 aliphatic heterocycles. The number of morpholine rings is 1. The summed E-state index contributed by atoms with van der Waals surface area (Å²) in [6.07, 6.45) is 0.219. The van der Waals surface area contributed by atoms with Gasteiger partial charge in [-0.3, -0.25) is 0 Å². The van der Waals surface area contributed by atoms with Crippen molar-refractivity contribution in [2.24, 2.45) is 5.73 Å². The maximum atomic E-state index is 5.70. The van der Waals surface area contributed by atoms with E-state index in [-0.39, 0.29) is 6.10 Å². The first kappa shape index (κ1) is 13.2. The number of rotatable bonds is 2. The minimum absolute atomic E-state index is 0.219. The van der Waals surface area contributed by atoms with E-state index in [1.54, 1.807) is 0 Å². The molecule has 0 amide bonds. The molecule has 4 nitrogen and oxygen atoms in total. The third-order valence-corrected chi connectivity index (χ3v) is 3.36. The molecule has 5 heteroatoms. The molecule has 0 aliphatic carbocycles. The van der Waals surface area contributed by atoms with Crippen molar-refractivity contribution in [3.63, 3.8) is 0 Å². The molecule has 2 N–H and O–H groups in total. The number of nitrogens with zero attached hydrogens (tertiary/aromatic N) is 2. The summed E-state index contributed by atoms with van der Waals surface area (Å²) >= 11 is 5.04. The van der Waals surface area contributed by atoms with Crippen LogP contribution in [-0.4, -0.2) is 35.3 Å². The van der Waals surface area contributed by atoms with E-state index in [1.165, 1.54) is 0 Å². The number of ether oxygens (including phenoxy) is 1. The molecular weight excluding hydrogens is 246 g/mol. The number of aryl methyl sites for hydroxylation is 1. The van der Waals surface area contributed by atoms with Gasteiger partial charge in [-0.25, -0.2) is 4.98 Å². The Hall–Kier alpha value is -1.20. The molecule has 1 aliphatic rings. The molecule has 1 fully saturated rings. The van der Waals surface area contributed by atoms with Crippen LogP contribution in [0.1, 0.15) is 25.1 Å². The predicted octanol–water partition coefficient (Wildman–Crippen LogP) is 1.64. The lowest BCUT2D eigenvalue weighted by atomic mass is 10.1. The van der Waals surface area contributed by atoms with E-state index in [0.29, 0.717) is 11.0 Å². The Balaban J connectivity index is 2.34. The van der Waals surface area contributed by atoms with Crippen LogP contribution >= 0.6 is 12.2 Å². The molecule has 18 heavy (non-hydrogen) atoms. The van der Waals surface area contributed by atoms with Crippen LogP contribution in [-0.2, 0) is 4.74 Å². The number of aromatic nitrogens is 1. The lowest BCUT2D eigenvalue weighted by molar-refractivity contribution is 0.0340. The average Bonchev–Trinajstić information content (AvgIpc) is 2.31. The summed E-state index contributed by atoms with van der Waals surface area (Å²) in [7, 11) is 0. The molecule has 0 bridgehead atoms. The van der Waals surface area contributed by atoms with Crippen LogP contribution in [0, 0.1) is 6.92 Å². The third-order valence-electron chi connectivity index (χ3n) is 3.13. The van der Waals surface area contributed by atoms with Crippen molar-refractivity contribution in [3.8, 4) is 0 Å². The Labute approximate surface area is 113 Å². The highest BCUT2D eigenvalue weighted by molar-refractivity contribution is 7.80. The third kappa shape index (κ3) is 2.79. The van der Waals surface area contributed by atoms with Crippen molar-refractivity contribution in [3.05, 3.63) is 23.4 Å². The SMILES string of the molecule is Cc1cc(C(N)=S)cc(N2CC(C)OCC2C)n1. The zero-order valence-corrected chi connectivity index (χ0v) is 11.8. The standard InChI is InChI=1S/C13H19N3OS/c1-8-4-11(13(14)18)5-12(15-8)16-6-10(3)17-7-9(16)2/h4-5,9-10H,6-7H2,1-3H3,(H2,14,18). The van der Waals surface area contributed by atoms with E-state index in [1.807, 2.05) is 19.1 Å². The molecule has 0 spiro atoms. The summed E-state index contributed by atoms with van der Waals surface area (Å²) in [6.45, 7) is 7.73. The zero-order valence-electron chi connectivity index (χ0n) is 11.0. The molecule has 1 aromatic heterocycles. The monoisotopic (exact) mass is 265 g/mol. The van der Waals surface area contributed by atoms with E-state index in [4.69, 9.17) is 22.7 Å². The van der Waals surface area contributed by atoms with Gasteiger partial charge in [-0.2, -0.15) is 0 Å². The molecule has 2 heterocycles. The summed E-state index contributed by atoms with van der Waals surface area (Å²) in [5, 5.41) is 0. The first-order valence-corrected chi connectivity index (χ1v) is 6.55. The minimum atomic E-state index is 0.219. The fourth-order valence-electron chi connectivity index (χ4n) is 2.16.